The molecule has 1 aromatic heterocycles. The van der Waals surface area contributed by atoms with Gasteiger partial charge in [-0.25, -0.2) is 4.68 Å². The lowest BCUT2D eigenvalue weighted by Gasteiger charge is -2.08. The second-order valence-electron chi connectivity index (χ2n) is 3.09. The summed E-state index contributed by atoms with van der Waals surface area (Å²) in [4.78, 5) is 2.31. The summed E-state index contributed by atoms with van der Waals surface area (Å²) in [5.74, 6) is 0. The fourth-order valence-corrected chi connectivity index (χ4v) is 1.54. The lowest BCUT2D eigenvalue weighted by Crippen LogP contribution is -2.16. The SMILES string of the molecule is CN1CCC(n2ccnn2)C1. The second-order valence-corrected chi connectivity index (χ2v) is 3.09. The van der Waals surface area contributed by atoms with Crippen LogP contribution in [0.1, 0.15) is 12.5 Å². The van der Waals surface area contributed by atoms with Crippen molar-refractivity contribution in [3.05, 3.63) is 12.4 Å². The highest BCUT2D eigenvalue weighted by atomic mass is 15.4. The molecule has 0 radical (unpaired) electrons. The maximum atomic E-state index is 3.97. The second kappa shape index (κ2) is 2.62. The van der Waals surface area contributed by atoms with Gasteiger partial charge in [-0.1, -0.05) is 5.21 Å². The van der Waals surface area contributed by atoms with Gasteiger partial charge in [-0.05, 0) is 20.0 Å². The van der Waals surface area contributed by atoms with Crippen LogP contribution < -0.4 is 0 Å². The molecular weight excluding hydrogens is 140 g/mol. The van der Waals surface area contributed by atoms with E-state index >= 15 is 0 Å². The third-order valence-electron chi connectivity index (χ3n) is 2.18. The molecule has 11 heavy (non-hydrogen) atoms. The van der Waals surface area contributed by atoms with Crippen LogP contribution >= 0.6 is 0 Å². The minimum atomic E-state index is 0.544. The van der Waals surface area contributed by atoms with E-state index in [-0.39, 0.29) is 0 Å². The first kappa shape index (κ1) is 6.79. The van der Waals surface area contributed by atoms with Crippen LogP contribution in [0.15, 0.2) is 12.4 Å². The van der Waals surface area contributed by atoms with Crippen LogP contribution in [0.4, 0.5) is 0 Å². The molecule has 1 saturated heterocycles. The minimum absolute atomic E-state index is 0.544. The number of aromatic nitrogens is 3. The lowest BCUT2D eigenvalue weighted by atomic mass is 10.3. The molecular formula is C7H12N4. The molecule has 1 aromatic rings. The highest BCUT2D eigenvalue weighted by Crippen LogP contribution is 2.17. The Morgan fingerprint density at radius 1 is 1.55 bits per heavy atom. The fourth-order valence-electron chi connectivity index (χ4n) is 1.54. The molecule has 4 heteroatoms. The molecule has 60 valence electrons. The first-order valence-electron chi connectivity index (χ1n) is 3.90. The summed E-state index contributed by atoms with van der Waals surface area (Å²) >= 11 is 0. The molecule has 0 aliphatic carbocycles. The normalized spacial score (nSPS) is 26.1. The van der Waals surface area contributed by atoms with E-state index in [1.165, 1.54) is 13.0 Å². The molecule has 0 N–H and O–H groups in total. The summed E-state index contributed by atoms with van der Waals surface area (Å²) < 4.78 is 1.95. The highest BCUT2D eigenvalue weighted by Gasteiger charge is 2.20. The Hall–Kier alpha value is -0.900. The van der Waals surface area contributed by atoms with E-state index in [1.54, 1.807) is 6.20 Å². The number of nitrogens with zero attached hydrogens (tertiary/aromatic N) is 4. The Kier molecular flexibility index (Phi) is 1.62. The van der Waals surface area contributed by atoms with Crippen molar-refractivity contribution in [3.8, 4) is 0 Å². The van der Waals surface area contributed by atoms with Crippen molar-refractivity contribution in [2.24, 2.45) is 0 Å². The van der Waals surface area contributed by atoms with Gasteiger partial charge in [0.25, 0.3) is 0 Å². The maximum absolute atomic E-state index is 3.97. The van der Waals surface area contributed by atoms with Gasteiger partial charge in [-0.15, -0.1) is 5.10 Å². The van der Waals surface area contributed by atoms with Gasteiger partial charge < -0.3 is 4.90 Å². The molecule has 1 unspecified atom stereocenters. The topological polar surface area (TPSA) is 34.0 Å². The van der Waals surface area contributed by atoms with E-state index in [0.717, 1.165) is 6.54 Å². The van der Waals surface area contributed by atoms with Crippen molar-refractivity contribution < 1.29 is 0 Å². The average molecular weight is 152 g/mol. The molecule has 0 aromatic carbocycles. The van der Waals surface area contributed by atoms with E-state index in [4.69, 9.17) is 0 Å². The molecule has 0 saturated carbocycles. The summed E-state index contributed by atoms with van der Waals surface area (Å²) in [6.45, 7) is 2.27. The highest BCUT2D eigenvalue weighted by molar-refractivity contribution is 4.79. The van der Waals surface area contributed by atoms with Crippen LogP contribution in [-0.2, 0) is 0 Å². The van der Waals surface area contributed by atoms with Gasteiger partial charge in [0, 0.05) is 12.7 Å². The molecule has 4 nitrogen and oxygen atoms in total. The lowest BCUT2D eigenvalue weighted by molar-refractivity contribution is 0.379. The summed E-state index contributed by atoms with van der Waals surface area (Å²) in [6, 6.07) is 0.544. The first-order valence-corrected chi connectivity index (χ1v) is 3.90. The standard InChI is InChI=1S/C7H12N4/c1-10-4-2-7(6-10)11-5-3-8-9-11/h3,5,7H,2,4,6H2,1H3. The monoisotopic (exact) mass is 152 g/mol. The third-order valence-corrected chi connectivity index (χ3v) is 2.18. The Balaban J connectivity index is 2.08. The van der Waals surface area contributed by atoms with Crippen LogP contribution in [0.3, 0.4) is 0 Å². The van der Waals surface area contributed by atoms with Crippen molar-refractivity contribution in [1.82, 2.24) is 19.9 Å². The van der Waals surface area contributed by atoms with Gasteiger partial charge in [0.2, 0.25) is 0 Å². The Morgan fingerprint density at radius 3 is 3.00 bits per heavy atom. The van der Waals surface area contributed by atoms with Crippen molar-refractivity contribution in [1.29, 1.82) is 0 Å². The summed E-state index contributed by atoms with van der Waals surface area (Å²) in [5, 5.41) is 7.76. The summed E-state index contributed by atoms with van der Waals surface area (Å²) in [5.41, 5.74) is 0. The maximum Gasteiger partial charge on any atom is 0.0693 e. The third kappa shape index (κ3) is 1.26. The van der Waals surface area contributed by atoms with Crippen molar-refractivity contribution in [2.75, 3.05) is 20.1 Å². The summed E-state index contributed by atoms with van der Waals surface area (Å²) in [6.07, 6.45) is 4.86. The van der Waals surface area contributed by atoms with Crippen molar-refractivity contribution >= 4 is 0 Å². The van der Waals surface area contributed by atoms with E-state index in [0.29, 0.717) is 6.04 Å². The molecule has 1 aliphatic rings. The molecule has 0 amide bonds. The van der Waals surface area contributed by atoms with Gasteiger partial charge in [0.15, 0.2) is 0 Å². The molecule has 2 rings (SSSR count). The van der Waals surface area contributed by atoms with Gasteiger partial charge >= 0.3 is 0 Å². The molecule has 2 heterocycles. The first-order chi connectivity index (χ1) is 5.36. The van der Waals surface area contributed by atoms with Gasteiger partial charge in [-0.2, -0.15) is 0 Å². The van der Waals surface area contributed by atoms with Gasteiger partial charge in [0.1, 0.15) is 0 Å². The van der Waals surface area contributed by atoms with E-state index in [2.05, 4.69) is 22.3 Å². The van der Waals surface area contributed by atoms with Gasteiger partial charge in [0.05, 0.1) is 12.2 Å². The van der Waals surface area contributed by atoms with Crippen LogP contribution in [0.2, 0.25) is 0 Å². The number of hydrogen-bond acceptors (Lipinski definition) is 3. The fraction of sp³-hybridized carbons (Fsp3) is 0.714. The Bertz CT molecular complexity index is 218. The Labute approximate surface area is 65.8 Å². The quantitative estimate of drug-likeness (QED) is 0.574. The largest absolute Gasteiger partial charge is 0.304 e. The van der Waals surface area contributed by atoms with Crippen molar-refractivity contribution in [3.63, 3.8) is 0 Å². The molecule has 1 fully saturated rings. The number of hydrogen-bond donors (Lipinski definition) is 0. The summed E-state index contributed by atoms with van der Waals surface area (Å²) in [7, 11) is 2.14. The molecule has 1 atom stereocenters. The minimum Gasteiger partial charge on any atom is -0.304 e. The van der Waals surface area contributed by atoms with Crippen LogP contribution in [-0.4, -0.2) is 40.0 Å². The van der Waals surface area contributed by atoms with E-state index in [9.17, 15) is 0 Å². The molecule has 0 bridgehead atoms. The van der Waals surface area contributed by atoms with E-state index < -0.39 is 0 Å². The predicted octanol–water partition coefficient (Wildman–Crippen LogP) is 0.155. The molecule has 0 spiro atoms. The number of likely N-dealkylation sites (N-methyl/N-ethyl adjacent to an activating group) is 1. The smallest absolute Gasteiger partial charge is 0.0693 e. The number of likely N-dealkylation sites (tertiary alicyclic amines) is 1. The number of rotatable bonds is 1. The van der Waals surface area contributed by atoms with Crippen LogP contribution in [0, 0.1) is 0 Å². The van der Waals surface area contributed by atoms with Crippen LogP contribution in [0.5, 0.6) is 0 Å². The zero-order chi connectivity index (χ0) is 7.68. The zero-order valence-corrected chi connectivity index (χ0v) is 6.64. The van der Waals surface area contributed by atoms with Gasteiger partial charge in [-0.3, -0.25) is 0 Å². The average Bonchev–Trinajstić information content (AvgIpc) is 2.55. The Morgan fingerprint density at radius 2 is 2.45 bits per heavy atom. The van der Waals surface area contributed by atoms with Crippen molar-refractivity contribution in [2.45, 2.75) is 12.5 Å². The van der Waals surface area contributed by atoms with Crippen LogP contribution in [0.25, 0.3) is 0 Å². The van der Waals surface area contributed by atoms with E-state index in [1.807, 2.05) is 10.9 Å². The zero-order valence-electron chi connectivity index (χ0n) is 6.64. The molecule has 1 aliphatic heterocycles. The predicted molar refractivity (Wildman–Crippen MR) is 41.2 cm³/mol.